The Labute approximate surface area is 110 Å². The first-order chi connectivity index (χ1) is 9.04. The number of para-hydroxylation sites is 1. The molecule has 2 rings (SSSR count). The van der Waals surface area contributed by atoms with Crippen LogP contribution in [-0.4, -0.2) is 30.0 Å². The second-order valence-electron chi connectivity index (χ2n) is 4.39. The maximum absolute atomic E-state index is 12.2. The van der Waals surface area contributed by atoms with Gasteiger partial charge in [0.25, 0.3) is 5.91 Å². The topological polar surface area (TPSA) is 71.2 Å². The molecule has 0 aliphatic heterocycles. The van der Waals surface area contributed by atoms with Crippen molar-refractivity contribution in [1.29, 1.82) is 0 Å². The normalized spacial score (nSPS) is 12.2. The lowest BCUT2D eigenvalue weighted by Crippen LogP contribution is -2.39. The Bertz CT molecular complexity index is 631. The molecule has 1 aromatic carbocycles. The second-order valence-corrected chi connectivity index (χ2v) is 4.39. The Kier molecular flexibility index (Phi) is 3.55. The van der Waals surface area contributed by atoms with Crippen LogP contribution < -0.4 is 5.32 Å². The van der Waals surface area contributed by atoms with E-state index in [-0.39, 0.29) is 5.91 Å². The van der Waals surface area contributed by atoms with E-state index in [1.54, 1.807) is 6.92 Å². The molecular formula is C14H16N2O3. The van der Waals surface area contributed by atoms with Crippen LogP contribution >= 0.6 is 0 Å². The summed E-state index contributed by atoms with van der Waals surface area (Å²) in [4.78, 5) is 26.7. The lowest BCUT2D eigenvalue weighted by atomic mass is 10.1. The Morgan fingerprint density at radius 1 is 1.32 bits per heavy atom. The number of fused-ring (bicyclic) bond motifs is 1. The van der Waals surface area contributed by atoms with E-state index in [1.807, 2.05) is 31.2 Å². The molecule has 0 saturated heterocycles. The number of methoxy groups -OCH3 is 1. The molecule has 1 aromatic heterocycles. The molecule has 100 valence electrons. The smallest absolute Gasteiger partial charge is 0.328 e. The number of carbonyl (C=O) groups is 2. The average molecular weight is 260 g/mol. The first-order valence-corrected chi connectivity index (χ1v) is 6.00. The van der Waals surface area contributed by atoms with E-state index >= 15 is 0 Å². The van der Waals surface area contributed by atoms with Crippen LogP contribution in [-0.2, 0) is 9.53 Å². The van der Waals surface area contributed by atoms with Crippen LogP contribution in [0.1, 0.15) is 23.0 Å². The predicted octanol–water partition coefficient (Wildman–Crippen LogP) is 1.77. The number of hydrogen-bond donors (Lipinski definition) is 2. The Balaban J connectivity index is 2.31. The molecule has 0 radical (unpaired) electrons. The van der Waals surface area contributed by atoms with Gasteiger partial charge in [-0.1, -0.05) is 18.2 Å². The lowest BCUT2D eigenvalue weighted by Gasteiger charge is -2.11. The molecular weight excluding hydrogens is 244 g/mol. The van der Waals surface area contributed by atoms with Crippen molar-refractivity contribution in [2.24, 2.45) is 0 Å². The number of hydrogen-bond acceptors (Lipinski definition) is 3. The molecule has 1 amide bonds. The predicted molar refractivity (Wildman–Crippen MR) is 72.0 cm³/mol. The molecule has 0 saturated carbocycles. The summed E-state index contributed by atoms with van der Waals surface area (Å²) >= 11 is 0. The molecule has 0 aliphatic carbocycles. The van der Waals surface area contributed by atoms with Crippen LogP contribution in [0.3, 0.4) is 0 Å². The van der Waals surface area contributed by atoms with Gasteiger partial charge in [-0.05, 0) is 19.9 Å². The van der Waals surface area contributed by atoms with Gasteiger partial charge in [-0.15, -0.1) is 0 Å². The average Bonchev–Trinajstić information content (AvgIpc) is 2.73. The molecule has 5 nitrogen and oxygen atoms in total. The van der Waals surface area contributed by atoms with Gasteiger partial charge >= 0.3 is 5.97 Å². The number of H-pyrrole nitrogens is 1. The van der Waals surface area contributed by atoms with E-state index in [0.717, 1.165) is 16.6 Å². The van der Waals surface area contributed by atoms with E-state index in [1.165, 1.54) is 7.11 Å². The zero-order valence-corrected chi connectivity index (χ0v) is 11.1. The third-order valence-electron chi connectivity index (χ3n) is 3.02. The molecule has 0 fully saturated rings. The number of aromatic nitrogens is 1. The summed E-state index contributed by atoms with van der Waals surface area (Å²) in [5.74, 6) is -0.751. The fourth-order valence-electron chi connectivity index (χ4n) is 2.07. The van der Waals surface area contributed by atoms with Gasteiger partial charge in [0.1, 0.15) is 6.04 Å². The quantitative estimate of drug-likeness (QED) is 0.826. The summed E-state index contributed by atoms with van der Waals surface area (Å²) in [6, 6.07) is 6.87. The Morgan fingerprint density at radius 3 is 2.68 bits per heavy atom. The van der Waals surface area contributed by atoms with Crippen molar-refractivity contribution >= 4 is 22.8 Å². The third-order valence-corrected chi connectivity index (χ3v) is 3.02. The molecule has 5 heteroatoms. The molecule has 0 unspecified atom stereocenters. The number of carbonyl (C=O) groups excluding carboxylic acids is 2. The van der Waals surface area contributed by atoms with Gasteiger partial charge in [-0.2, -0.15) is 0 Å². The summed E-state index contributed by atoms with van der Waals surface area (Å²) in [5, 5.41) is 3.47. The highest BCUT2D eigenvalue weighted by molar-refractivity contribution is 6.08. The van der Waals surface area contributed by atoms with Crippen molar-refractivity contribution in [2.45, 2.75) is 19.9 Å². The molecule has 0 spiro atoms. The molecule has 1 atom stereocenters. The van der Waals surface area contributed by atoms with Crippen molar-refractivity contribution in [3.8, 4) is 0 Å². The van der Waals surface area contributed by atoms with E-state index in [9.17, 15) is 9.59 Å². The monoisotopic (exact) mass is 260 g/mol. The SMILES string of the molecule is COC(=O)[C@@H](C)NC(=O)c1c(C)[nH]c2ccccc12. The number of aryl methyl sites for hydroxylation is 1. The van der Waals surface area contributed by atoms with Gasteiger partial charge in [-0.3, -0.25) is 4.79 Å². The van der Waals surface area contributed by atoms with Crippen LogP contribution in [0.2, 0.25) is 0 Å². The number of aromatic amines is 1. The minimum Gasteiger partial charge on any atom is -0.467 e. The minimum absolute atomic E-state index is 0.284. The van der Waals surface area contributed by atoms with E-state index in [0.29, 0.717) is 5.56 Å². The standard InChI is InChI=1S/C14H16N2O3/c1-8-12(10-6-4-5-7-11(10)15-8)13(17)16-9(2)14(18)19-3/h4-7,9,15H,1-3H3,(H,16,17)/t9-/m1/s1. The third kappa shape index (κ3) is 2.45. The van der Waals surface area contributed by atoms with Crippen LogP contribution in [0.25, 0.3) is 10.9 Å². The van der Waals surface area contributed by atoms with E-state index in [4.69, 9.17) is 0 Å². The van der Waals surface area contributed by atoms with Crippen molar-refractivity contribution in [1.82, 2.24) is 10.3 Å². The van der Waals surface area contributed by atoms with Gasteiger partial charge in [0.15, 0.2) is 0 Å². The van der Waals surface area contributed by atoms with Crippen molar-refractivity contribution < 1.29 is 14.3 Å². The van der Waals surface area contributed by atoms with Crippen molar-refractivity contribution in [3.63, 3.8) is 0 Å². The van der Waals surface area contributed by atoms with E-state index < -0.39 is 12.0 Å². The zero-order valence-electron chi connectivity index (χ0n) is 11.1. The summed E-state index contributed by atoms with van der Waals surface area (Å²) in [6.45, 7) is 3.42. The summed E-state index contributed by atoms with van der Waals surface area (Å²) in [7, 11) is 1.29. The molecule has 0 bridgehead atoms. The molecule has 2 aromatic rings. The number of benzene rings is 1. The molecule has 2 N–H and O–H groups in total. The summed E-state index contributed by atoms with van der Waals surface area (Å²) in [6.07, 6.45) is 0. The van der Waals surface area contributed by atoms with Gasteiger partial charge in [0.2, 0.25) is 0 Å². The number of esters is 1. The first kappa shape index (κ1) is 13.1. The highest BCUT2D eigenvalue weighted by Crippen LogP contribution is 2.21. The molecule has 1 heterocycles. The first-order valence-electron chi connectivity index (χ1n) is 6.00. The fourth-order valence-corrected chi connectivity index (χ4v) is 2.07. The lowest BCUT2D eigenvalue weighted by molar-refractivity contribution is -0.142. The fraction of sp³-hybridized carbons (Fsp3) is 0.286. The molecule has 0 aliphatic rings. The second kappa shape index (κ2) is 5.14. The maximum atomic E-state index is 12.2. The number of ether oxygens (including phenoxy) is 1. The Hall–Kier alpha value is -2.30. The van der Waals surface area contributed by atoms with Crippen LogP contribution in [0, 0.1) is 6.92 Å². The van der Waals surface area contributed by atoms with E-state index in [2.05, 4.69) is 15.0 Å². The van der Waals surface area contributed by atoms with Gasteiger partial charge in [0, 0.05) is 16.6 Å². The highest BCUT2D eigenvalue weighted by atomic mass is 16.5. The number of nitrogens with one attached hydrogen (secondary N) is 2. The van der Waals surface area contributed by atoms with Gasteiger partial charge in [-0.25, -0.2) is 4.79 Å². The van der Waals surface area contributed by atoms with Crippen LogP contribution in [0.15, 0.2) is 24.3 Å². The largest absolute Gasteiger partial charge is 0.467 e. The highest BCUT2D eigenvalue weighted by Gasteiger charge is 2.20. The Morgan fingerprint density at radius 2 is 2.00 bits per heavy atom. The van der Waals surface area contributed by atoms with Gasteiger partial charge < -0.3 is 15.0 Å². The summed E-state index contributed by atoms with van der Waals surface area (Å²) < 4.78 is 4.59. The maximum Gasteiger partial charge on any atom is 0.328 e. The van der Waals surface area contributed by atoms with Gasteiger partial charge in [0.05, 0.1) is 12.7 Å². The van der Waals surface area contributed by atoms with Crippen LogP contribution in [0.4, 0.5) is 0 Å². The molecule has 19 heavy (non-hydrogen) atoms. The van der Waals surface area contributed by atoms with Crippen LogP contribution in [0.5, 0.6) is 0 Å². The van der Waals surface area contributed by atoms with Crippen molar-refractivity contribution in [3.05, 3.63) is 35.5 Å². The number of amides is 1. The van der Waals surface area contributed by atoms with Crippen molar-refractivity contribution in [2.75, 3.05) is 7.11 Å². The zero-order chi connectivity index (χ0) is 14.0. The number of rotatable bonds is 3. The minimum atomic E-state index is -0.675. The summed E-state index contributed by atoms with van der Waals surface area (Å²) in [5.41, 5.74) is 2.23.